The van der Waals surface area contributed by atoms with E-state index in [2.05, 4.69) is 29.6 Å². The van der Waals surface area contributed by atoms with Crippen molar-refractivity contribution in [3.05, 3.63) is 35.9 Å². The Bertz CT molecular complexity index is 301. The van der Waals surface area contributed by atoms with Crippen LogP contribution >= 0.6 is 12.2 Å². The van der Waals surface area contributed by atoms with Gasteiger partial charge in [-0.3, -0.25) is 5.32 Å². The van der Waals surface area contributed by atoms with E-state index in [4.69, 9.17) is 17.0 Å². The van der Waals surface area contributed by atoms with E-state index in [1.807, 2.05) is 6.07 Å². The maximum absolute atomic E-state index is 5.42. The highest BCUT2D eigenvalue weighted by Gasteiger charge is 2.22. The SMILES string of the molecule is S=CC1NC(Cc2ccccc2)CO1. The zero-order valence-electron chi connectivity index (χ0n) is 7.85. The van der Waals surface area contributed by atoms with Gasteiger partial charge in [-0.15, -0.1) is 0 Å². The quantitative estimate of drug-likeness (QED) is 0.760. The summed E-state index contributed by atoms with van der Waals surface area (Å²) < 4.78 is 5.42. The first kappa shape index (κ1) is 9.77. The molecule has 0 aromatic heterocycles. The Balaban J connectivity index is 1.90. The highest BCUT2D eigenvalue weighted by Crippen LogP contribution is 2.08. The van der Waals surface area contributed by atoms with Crippen LogP contribution in [0.2, 0.25) is 0 Å². The van der Waals surface area contributed by atoms with E-state index in [0.29, 0.717) is 6.04 Å². The molecule has 0 aliphatic carbocycles. The monoisotopic (exact) mass is 207 g/mol. The molecule has 0 radical (unpaired) electrons. The van der Waals surface area contributed by atoms with Gasteiger partial charge in [-0.2, -0.15) is 0 Å². The second-order valence-electron chi connectivity index (χ2n) is 3.44. The summed E-state index contributed by atoms with van der Waals surface area (Å²) in [6, 6.07) is 10.8. The van der Waals surface area contributed by atoms with Crippen LogP contribution in [0.15, 0.2) is 30.3 Å². The Morgan fingerprint density at radius 2 is 2.21 bits per heavy atom. The van der Waals surface area contributed by atoms with Crippen molar-refractivity contribution in [3.8, 4) is 0 Å². The lowest BCUT2D eigenvalue weighted by Crippen LogP contribution is -2.32. The minimum absolute atomic E-state index is 0.0429. The maximum Gasteiger partial charge on any atom is 0.137 e. The van der Waals surface area contributed by atoms with Gasteiger partial charge in [-0.05, 0) is 12.0 Å². The highest BCUT2D eigenvalue weighted by molar-refractivity contribution is 7.79. The number of ether oxygens (including phenoxy) is 1. The molecule has 74 valence electrons. The van der Waals surface area contributed by atoms with Gasteiger partial charge < -0.3 is 4.74 Å². The van der Waals surface area contributed by atoms with Crippen LogP contribution in [-0.2, 0) is 11.2 Å². The highest BCUT2D eigenvalue weighted by atomic mass is 32.1. The lowest BCUT2D eigenvalue weighted by atomic mass is 10.1. The zero-order valence-corrected chi connectivity index (χ0v) is 8.67. The van der Waals surface area contributed by atoms with Crippen molar-refractivity contribution in [1.29, 1.82) is 0 Å². The van der Waals surface area contributed by atoms with Gasteiger partial charge in [0.2, 0.25) is 0 Å². The molecule has 1 saturated heterocycles. The Morgan fingerprint density at radius 1 is 1.43 bits per heavy atom. The smallest absolute Gasteiger partial charge is 0.137 e. The molecule has 1 heterocycles. The topological polar surface area (TPSA) is 21.3 Å². The summed E-state index contributed by atoms with van der Waals surface area (Å²) in [5.41, 5.74) is 1.33. The van der Waals surface area contributed by atoms with Crippen molar-refractivity contribution < 1.29 is 4.74 Å². The van der Waals surface area contributed by atoms with E-state index >= 15 is 0 Å². The molecule has 2 rings (SSSR count). The first-order valence-corrected chi connectivity index (χ1v) is 5.22. The molecular formula is C11H13NOS. The molecule has 0 saturated carbocycles. The first-order chi connectivity index (χ1) is 6.88. The molecule has 0 spiro atoms. The largest absolute Gasteiger partial charge is 0.357 e. The van der Waals surface area contributed by atoms with Crippen molar-refractivity contribution in [2.24, 2.45) is 0 Å². The van der Waals surface area contributed by atoms with E-state index in [1.165, 1.54) is 5.56 Å². The van der Waals surface area contributed by atoms with E-state index in [1.54, 1.807) is 5.37 Å². The van der Waals surface area contributed by atoms with Crippen LogP contribution in [0.3, 0.4) is 0 Å². The van der Waals surface area contributed by atoms with Crippen LogP contribution in [0.4, 0.5) is 0 Å². The summed E-state index contributed by atoms with van der Waals surface area (Å²) in [7, 11) is 0. The van der Waals surface area contributed by atoms with Gasteiger partial charge in [0.25, 0.3) is 0 Å². The number of nitrogens with one attached hydrogen (secondary N) is 1. The van der Waals surface area contributed by atoms with Crippen molar-refractivity contribution in [1.82, 2.24) is 5.32 Å². The predicted octanol–water partition coefficient (Wildman–Crippen LogP) is 1.54. The van der Waals surface area contributed by atoms with Crippen LogP contribution in [0.5, 0.6) is 0 Å². The number of thiocarbonyl (C=S) groups is 1. The molecule has 3 heteroatoms. The van der Waals surface area contributed by atoms with Crippen LogP contribution in [0.1, 0.15) is 5.56 Å². The fourth-order valence-electron chi connectivity index (χ4n) is 1.64. The molecule has 2 nitrogen and oxygen atoms in total. The fraction of sp³-hybridized carbons (Fsp3) is 0.364. The average molecular weight is 207 g/mol. The number of benzene rings is 1. The summed E-state index contributed by atoms with van der Waals surface area (Å²) in [5.74, 6) is 0. The molecule has 1 aromatic carbocycles. The van der Waals surface area contributed by atoms with Gasteiger partial charge in [0.1, 0.15) is 6.23 Å². The Morgan fingerprint density at radius 3 is 2.86 bits per heavy atom. The van der Waals surface area contributed by atoms with Crippen molar-refractivity contribution in [3.63, 3.8) is 0 Å². The van der Waals surface area contributed by atoms with E-state index in [0.717, 1.165) is 13.0 Å². The molecule has 2 unspecified atom stereocenters. The van der Waals surface area contributed by atoms with Gasteiger partial charge in [0, 0.05) is 11.4 Å². The van der Waals surface area contributed by atoms with Gasteiger partial charge in [0.15, 0.2) is 0 Å². The van der Waals surface area contributed by atoms with Gasteiger partial charge >= 0.3 is 0 Å². The van der Waals surface area contributed by atoms with Crippen molar-refractivity contribution in [2.45, 2.75) is 18.7 Å². The molecule has 1 aromatic rings. The average Bonchev–Trinajstić information content (AvgIpc) is 2.67. The third-order valence-corrected chi connectivity index (χ3v) is 2.57. The molecule has 1 aliphatic rings. The zero-order chi connectivity index (χ0) is 9.80. The molecular weight excluding hydrogens is 194 g/mol. The molecule has 2 atom stereocenters. The van der Waals surface area contributed by atoms with Gasteiger partial charge in [0.05, 0.1) is 6.61 Å². The summed E-state index contributed by atoms with van der Waals surface area (Å²) in [5, 5.41) is 4.94. The molecule has 1 N–H and O–H groups in total. The Hall–Kier alpha value is -0.770. The third-order valence-electron chi connectivity index (χ3n) is 2.33. The number of hydrogen-bond acceptors (Lipinski definition) is 3. The second kappa shape index (κ2) is 4.64. The Labute approximate surface area is 89.3 Å². The van der Waals surface area contributed by atoms with Gasteiger partial charge in [-0.25, -0.2) is 0 Å². The Kier molecular flexibility index (Phi) is 3.24. The standard InChI is InChI=1S/C11H13NOS/c14-8-11-12-10(7-13-11)6-9-4-2-1-3-5-9/h1-5,8,10-12H,6-7H2. The summed E-state index contributed by atoms with van der Waals surface area (Å²) in [4.78, 5) is 0. The predicted molar refractivity (Wildman–Crippen MR) is 60.5 cm³/mol. The maximum atomic E-state index is 5.42. The summed E-state index contributed by atoms with van der Waals surface area (Å²) >= 11 is 4.82. The van der Waals surface area contributed by atoms with Crippen LogP contribution in [0.25, 0.3) is 0 Å². The minimum Gasteiger partial charge on any atom is -0.357 e. The lowest BCUT2D eigenvalue weighted by Gasteiger charge is -2.08. The third kappa shape index (κ3) is 2.38. The van der Waals surface area contributed by atoms with Crippen LogP contribution in [-0.4, -0.2) is 24.2 Å². The van der Waals surface area contributed by atoms with E-state index in [9.17, 15) is 0 Å². The van der Waals surface area contributed by atoms with Gasteiger partial charge in [-0.1, -0.05) is 42.5 Å². The second-order valence-corrected chi connectivity index (χ2v) is 3.72. The summed E-state index contributed by atoms with van der Waals surface area (Å²) in [6.45, 7) is 0.743. The van der Waals surface area contributed by atoms with Crippen molar-refractivity contribution >= 4 is 17.6 Å². The van der Waals surface area contributed by atoms with E-state index in [-0.39, 0.29) is 6.23 Å². The molecule has 1 fully saturated rings. The van der Waals surface area contributed by atoms with Crippen molar-refractivity contribution in [2.75, 3.05) is 6.61 Å². The minimum atomic E-state index is -0.0429. The molecule has 0 bridgehead atoms. The lowest BCUT2D eigenvalue weighted by molar-refractivity contribution is 0.154. The number of hydrogen-bond donors (Lipinski definition) is 1. The van der Waals surface area contributed by atoms with E-state index < -0.39 is 0 Å². The van der Waals surface area contributed by atoms with Crippen LogP contribution < -0.4 is 5.32 Å². The molecule has 0 amide bonds. The first-order valence-electron chi connectivity index (χ1n) is 4.75. The van der Waals surface area contributed by atoms with Crippen LogP contribution in [0, 0.1) is 0 Å². The summed E-state index contributed by atoms with van der Waals surface area (Å²) in [6.07, 6.45) is 0.958. The normalized spacial score (nSPS) is 26.3. The number of rotatable bonds is 3. The molecule has 14 heavy (non-hydrogen) atoms. The molecule has 1 aliphatic heterocycles. The fourth-order valence-corrected chi connectivity index (χ4v) is 1.80.